The van der Waals surface area contributed by atoms with Crippen LogP contribution in [0.1, 0.15) is 31.0 Å². The van der Waals surface area contributed by atoms with Gasteiger partial charge in [-0.3, -0.25) is 0 Å². The molecule has 0 aliphatic heterocycles. The Morgan fingerprint density at radius 1 is 0.950 bits per heavy atom. The first-order valence-electron chi connectivity index (χ1n) is 7.33. The van der Waals surface area contributed by atoms with Crippen LogP contribution in [0.3, 0.4) is 0 Å². The van der Waals surface area contributed by atoms with Gasteiger partial charge in [0.25, 0.3) is 0 Å². The van der Waals surface area contributed by atoms with Crippen LogP contribution < -0.4 is 5.32 Å². The van der Waals surface area contributed by atoms with Crippen LogP contribution >= 0.6 is 11.8 Å². The fraction of sp³-hybridized carbons (Fsp3) is 0.333. The van der Waals surface area contributed by atoms with Gasteiger partial charge in [0.05, 0.1) is 0 Å². The van der Waals surface area contributed by atoms with Crippen LogP contribution in [-0.4, -0.2) is 12.3 Å². The molecule has 0 aliphatic rings. The van der Waals surface area contributed by atoms with Gasteiger partial charge in [-0.2, -0.15) is 0 Å². The number of nitrogens with one attached hydrogen (secondary N) is 1. The maximum atomic E-state index is 3.59. The summed E-state index contributed by atoms with van der Waals surface area (Å²) in [7, 11) is 0. The molecule has 0 bridgehead atoms. The lowest BCUT2D eigenvalue weighted by molar-refractivity contribution is 0.606. The zero-order valence-corrected chi connectivity index (χ0v) is 13.1. The molecule has 0 heterocycles. The summed E-state index contributed by atoms with van der Waals surface area (Å²) in [6, 6.07) is 20.0. The maximum Gasteiger partial charge on any atom is 0.0415 e. The first-order chi connectivity index (χ1) is 9.83. The van der Waals surface area contributed by atoms with Crippen molar-refractivity contribution >= 4 is 11.8 Å². The Morgan fingerprint density at radius 2 is 1.65 bits per heavy atom. The topological polar surface area (TPSA) is 12.0 Å². The smallest absolute Gasteiger partial charge is 0.0415 e. The Balaban J connectivity index is 2.02. The van der Waals surface area contributed by atoms with Crippen molar-refractivity contribution < 1.29 is 0 Å². The van der Waals surface area contributed by atoms with Crippen LogP contribution in [0.5, 0.6) is 0 Å². The summed E-state index contributed by atoms with van der Waals surface area (Å²) in [6.45, 7) is 5.36. The molecule has 0 amide bonds. The molecule has 2 heteroatoms. The first kappa shape index (κ1) is 15.1. The molecule has 1 unspecified atom stereocenters. The predicted molar refractivity (Wildman–Crippen MR) is 89.4 cm³/mol. The Kier molecular flexibility index (Phi) is 6.16. The van der Waals surface area contributed by atoms with Gasteiger partial charge in [-0.05, 0) is 36.2 Å². The highest BCUT2D eigenvalue weighted by Gasteiger charge is 2.10. The lowest BCUT2D eigenvalue weighted by atomic mass is 10.1. The van der Waals surface area contributed by atoms with Gasteiger partial charge in [-0.25, -0.2) is 0 Å². The van der Waals surface area contributed by atoms with Crippen molar-refractivity contribution in [3.63, 3.8) is 0 Å². The van der Waals surface area contributed by atoms with E-state index < -0.39 is 0 Å². The molecule has 2 aromatic rings. The van der Waals surface area contributed by atoms with Gasteiger partial charge in [0.15, 0.2) is 0 Å². The van der Waals surface area contributed by atoms with Gasteiger partial charge in [-0.1, -0.05) is 56.3 Å². The summed E-state index contributed by atoms with van der Waals surface area (Å²) in [5.41, 5.74) is 2.78. The van der Waals surface area contributed by atoms with Gasteiger partial charge in [0.1, 0.15) is 0 Å². The molecule has 0 fully saturated rings. The van der Waals surface area contributed by atoms with Crippen molar-refractivity contribution in [1.82, 2.24) is 5.32 Å². The maximum absolute atomic E-state index is 3.59. The van der Waals surface area contributed by atoms with E-state index >= 15 is 0 Å². The third kappa shape index (κ3) is 4.39. The van der Waals surface area contributed by atoms with Gasteiger partial charge < -0.3 is 5.32 Å². The Hall–Kier alpha value is -1.25. The van der Waals surface area contributed by atoms with E-state index in [4.69, 9.17) is 0 Å². The second-order valence-electron chi connectivity index (χ2n) is 4.83. The SMILES string of the molecule is CCNC(CSc1ccccc1)c1ccc(CC)cc1. The number of aryl methyl sites for hydroxylation is 1. The van der Waals surface area contributed by atoms with E-state index in [9.17, 15) is 0 Å². The van der Waals surface area contributed by atoms with E-state index in [-0.39, 0.29) is 0 Å². The molecule has 0 saturated heterocycles. The molecule has 2 rings (SSSR count). The minimum absolute atomic E-state index is 0.413. The zero-order chi connectivity index (χ0) is 14.2. The quantitative estimate of drug-likeness (QED) is 0.741. The van der Waals surface area contributed by atoms with Crippen molar-refractivity contribution in [2.45, 2.75) is 31.2 Å². The highest BCUT2D eigenvalue weighted by molar-refractivity contribution is 7.99. The molecule has 2 aromatic carbocycles. The Morgan fingerprint density at radius 3 is 2.25 bits per heavy atom. The van der Waals surface area contributed by atoms with Crippen LogP contribution in [0.2, 0.25) is 0 Å². The summed E-state index contributed by atoms with van der Waals surface area (Å²) >= 11 is 1.91. The average Bonchev–Trinajstić information content (AvgIpc) is 2.52. The van der Waals surface area contributed by atoms with Crippen molar-refractivity contribution in [2.24, 2.45) is 0 Å². The molecular formula is C18H23NS. The highest BCUT2D eigenvalue weighted by atomic mass is 32.2. The standard InChI is InChI=1S/C18H23NS/c1-3-15-10-12-16(13-11-15)18(19-4-2)14-20-17-8-6-5-7-9-17/h5-13,18-19H,3-4,14H2,1-2H3. The van der Waals surface area contributed by atoms with Crippen molar-refractivity contribution in [1.29, 1.82) is 0 Å². The first-order valence-corrected chi connectivity index (χ1v) is 8.32. The summed E-state index contributed by atoms with van der Waals surface area (Å²) in [4.78, 5) is 1.33. The van der Waals surface area contributed by atoms with Crippen molar-refractivity contribution in [2.75, 3.05) is 12.3 Å². The predicted octanol–water partition coefficient (Wildman–Crippen LogP) is 4.69. The van der Waals surface area contributed by atoms with Crippen LogP contribution in [0.25, 0.3) is 0 Å². The van der Waals surface area contributed by atoms with E-state index in [2.05, 4.69) is 73.8 Å². The lowest BCUT2D eigenvalue weighted by Gasteiger charge is -2.18. The van der Waals surface area contributed by atoms with Crippen LogP contribution in [0.15, 0.2) is 59.5 Å². The summed E-state index contributed by atoms with van der Waals surface area (Å²) in [5, 5.41) is 3.59. The molecule has 20 heavy (non-hydrogen) atoms. The molecule has 1 nitrogen and oxygen atoms in total. The number of hydrogen-bond donors (Lipinski definition) is 1. The van der Waals surface area contributed by atoms with Crippen LogP contribution in [-0.2, 0) is 6.42 Å². The van der Waals surface area contributed by atoms with Gasteiger partial charge in [0.2, 0.25) is 0 Å². The molecule has 106 valence electrons. The lowest BCUT2D eigenvalue weighted by Crippen LogP contribution is -2.22. The Bertz CT molecular complexity index is 493. The molecule has 0 saturated carbocycles. The fourth-order valence-corrected chi connectivity index (χ4v) is 3.22. The second kappa shape index (κ2) is 8.13. The fourth-order valence-electron chi connectivity index (χ4n) is 2.20. The third-order valence-electron chi connectivity index (χ3n) is 3.40. The molecule has 0 radical (unpaired) electrons. The molecule has 0 spiro atoms. The van der Waals surface area contributed by atoms with Crippen molar-refractivity contribution in [3.8, 4) is 0 Å². The third-order valence-corrected chi connectivity index (χ3v) is 4.51. The van der Waals surface area contributed by atoms with Gasteiger partial charge in [-0.15, -0.1) is 11.8 Å². The Labute approximate surface area is 126 Å². The number of benzene rings is 2. The summed E-state index contributed by atoms with van der Waals surface area (Å²) in [6.07, 6.45) is 1.10. The second-order valence-corrected chi connectivity index (χ2v) is 5.92. The molecule has 1 N–H and O–H groups in total. The number of hydrogen-bond acceptors (Lipinski definition) is 2. The number of thioether (sulfide) groups is 1. The summed E-state index contributed by atoms with van der Waals surface area (Å²) in [5.74, 6) is 1.06. The average molecular weight is 285 g/mol. The summed E-state index contributed by atoms with van der Waals surface area (Å²) < 4.78 is 0. The molecule has 0 aliphatic carbocycles. The molecular weight excluding hydrogens is 262 g/mol. The minimum atomic E-state index is 0.413. The number of rotatable bonds is 7. The highest BCUT2D eigenvalue weighted by Crippen LogP contribution is 2.24. The normalized spacial score (nSPS) is 12.3. The van der Waals surface area contributed by atoms with E-state index in [1.54, 1.807) is 0 Å². The molecule has 0 aromatic heterocycles. The van der Waals surface area contributed by atoms with Gasteiger partial charge in [0, 0.05) is 16.7 Å². The van der Waals surface area contributed by atoms with Crippen LogP contribution in [0.4, 0.5) is 0 Å². The van der Waals surface area contributed by atoms with Crippen molar-refractivity contribution in [3.05, 3.63) is 65.7 Å². The molecule has 1 atom stereocenters. The van der Waals surface area contributed by atoms with Gasteiger partial charge >= 0.3 is 0 Å². The minimum Gasteiger partial charge on any atom is -0.309 e. The zero-order valence-electron chi connectivity index (χ0n) is 12.3. The van der Waals surface area contributed by atoms with E-state index in [1.807, 2.05) is 11.8 Å². The largest absolute Gasteiger partial charge is 0.309 e. The van der Waals surface area contributed by atoms with E-state index in [0.29, 0.717) is 6.04 Å². The van der Waals surface area contributed by atoms with E-state index in [0.717, 1.165) is 18.7 Å². The van der Waals surface area contributed by atoms with E-state index in [1.165, 1.54) is 16.0 Å². The van der Waals surface area contributed by atoms with Crippen LogP contribution in [0, 0.1) is 0 Å². The monoisotopic (exact) mass is 285 g/mol.